The fraction of sp³-hybridized carbons (Fsp3) is 0.294. The molecule has 0 fully saturated rings. The second kappa shape index (κ2) is 4.88. The van der Waals surface area contributed by atoms with Gasteiger partial charge in [0.1, 0.15) is 0 Å². The van der Waals surface area contributed by atoms with Crippen molar-refractivity contribution >= 4 is 16.9 Å². The van der Waals surface area contributed by atoms with Crippen LogP contribution in [0.1, 0.15) is 30.5 Å². The zero-order valence-electron chi connectivity index (χ0n) is 11.8. The van der Waals surface area contributed by atoms with E-state index in [1.165, 1.54) is 24.8 Å². The molecule has 0 amide bonds. The molecular formula is C17H17N3O. The standard InChI is InChI=1S/C17H17N3O/c18-14-12-9-5-2-6-10-13(12)19-17-15(14)20-16(21-17)11-7-3-1-4-8-11/h1,3-4,7-8H,2,5-6,9-10H2,(H2,18,19). The second-order valence-electron chi connectivity index (χ2n) is 5.55. The third kappa shape index (κ3) is 2.07. The van der Waals surface area contributed by atoms with E-state index in [-0.39, 0.29) is 0 Å². The van der Waals surface area contributed by atoms with Crippen LogP contribution in [0.4, 0.5) is 5.69 Å². The summed E-state index contributed by atoms with van der Waals surface area (Å²) < 4.78 is 5.84. The predicted molar refractivity (Wildman–Crippen MR) is 82.9 cm³/mol. The van der Waals surface area contributed by atoms with Gasteiger partial charge < -0.3 is 10.2 Å². The number of fused-ring (bicyclic) bond motifs is 2. The first-order chi connectivity index (χ1) is 10.3. The molecule has 1 aliphatic rings. The molecule has 0 unspecified atom stereocenters. The molecule has 4 rings (SSSR count). The molecule has 0 atom stereocenters. The molecule has 4 nitrogen and oxygen atoms in total. The summed E-state index contributed by atoms with van der Waals surface area (Å²) in [6.45, 7) is 0. The maximum absolute atomic E-state index is 6.34. The average Bonchev–Trinajstić information content (AvgIpc) is 2.80. The van der Waals surface area contributed by atoms with Crippen LogP contribution in [-0.2, 0) is 12.8 Å². The summed E-state index contributed by atoms with van der Waals surface area (Å²) in [6.07, 6.45) is 5.56. The summed E-state index contributed by atoms with van der Waals surface area (Å²) in [6, 6.07) is 9.87. The molecule has 0 saturated heterocycles. The molecule has 106 valence electrons. The first-order valence-electron chi connectivity index (χ1n) is 7.46. The van der Waals surface area contributed by atoms with Crippen LogP contribution in [0.3, 0.4) is 0 Å². The Labute approximate surface area is 123 Å². The Kier molecular flexibility index (Phi) is 2.88. The fourth-order valence-electron chi connectivity index (χ4n) is 3.01. The average molecular weight is 279 g/mol. The quantitative estimate of drug-likeness (QED) is 0.689. The van der Waals surface area contributed by atoms with Crippen LogP contribution < -0.4 is 5.73 Å². The molecule has 2 N–H and O–H groups in total. The maximum Gasteiger partial charge on any atom is 0.249 e. The van der Waals surface area contributed by atoms with E-state index in [1.54, 1.807) is 0 Å². The minimum absolute atomic E-state index is 0.562. The highest BCUT2D eigenvalue weighted by molar-refractivity contribution is 5.87. The number of nitrogen functional groups attached to an aromatic ring is 1. The Balaban J connectivity index is 1.90. The summed E-state index contributed by atoms with van der Waals surface area (Å²) in [7, 11) is 0. The number of oxazole rings is 1. The molecule has 2 aromatic heterocycles. The van der Waals surface area contributed by atoms with E-state index in [0.717, 1.165) is 29.8 Å². The topological polar surface area (TPSA) is 64.9 Å². The summed E-state index contributed by atoms with van der Waals surface area (Å²) in [4.78, 5) is 9.24. The van der Waals surface area contributed by atoms with Crippen molar-refractivity contribution < 1.29 is 4.42 Å². The van der Waals surface area contributed by atoms with Gasteiger partial charge in [-0.1, -0.05) is 24.6 Å². The Hall–Kier alpha value is -2.36. The van der Waals surface area contributed by atoms with Gasteiger partial charge in [0.15, 0.2) is 5.52 Å². The van der Waals surface area contributed by atoms with Crippen molar-refractivity contribution in [2.75, 3.05) is 5.73 Å². The zero-order valence-corrected chi connectivity index (χ0v) is 11.8. The molecule has 3 aromatic rings. The van der Waals surface area contributed by atoms with Crippen molar-refractivity contribution in [2.45, 2.75) is 32.1 Å². The SMILES string of the molecule is Nc1c2c(nc3oc(-c4ccccc4)nc13)CCCCC2. The Morgan fingerprint density at radius 2 is 1.76 bits per heavy atom. The highest BCUT2D eigenvalue weighted by atomic mass is 16.4. The zero-order chi connectivity index (χ0) is 14.2. The number of benzene rings is 1. The van der Waals surface area contributed by atoms with Gasteiger partial charge in [0.2, 0.25) is 11.6 Å². The molecule has 1 aliphatic carbocycles. The van der Waals surface area contributed by atoms with Crippen LogP contribution >= 0.6 is 0 Å². The van der Waals surface area contributed by atoms with Crippen LogP contribution in [-0.4, -0.2) is 9.97 Å². The van der Waals surface area contributed by atoms with Gasteiger partial charge in [0.25, 0.3) is 0 Å². The van der Waals surface area contributed by atoms with E-state index in [1.807, 2.05) is 30.3 Å². The summed E-state index contributed by atoms with van der Waals surface area (Å²) >= 11 is 0. The number of anilines is 1. The predicted octanol–water partition coefficient (Wildman–Crippen LogP) is 3.74. The number of rotatable bonds is 1. The van der Waals surface area contributed by atoms with Crippen LogP contribution in [0.25, 0.3) is 22.7 Å². The van der Waals surface area contributed by atoms with Gasteiger partial charge in [0.05, 0.1) is 5.69 Å². The Morgan fingerprint density at radius 3 is 2.62 bits per heavy atom. The van der Waals surface area contributed by atoms with Crippen molar-refractivity contribution in [1.29, 1.82) is 0 Å². The van der Waals surface area contributed by atoms with Gasteiger partial charge in [-0.25, -0.2) is 9.97 Å². The minimum Gasteiger partial charge on any atom is -0.418 e. The van der Waals surface area contributed by atoms with Gasteiger partial charge in [-0.3, -0.25) is 0 Å². The van der Waals surface area contributed by atoms with Crippen LogP contribution in [0.15, 0.2) is 34.7 Å². The van der Waals surface area contributed by atoms with Gasteiger partial charge in [-0.15, -0.1) is 0 Å². The van der Waals surface area contributed by atoms with Gasteiger partial charge in [-0.05, 0) is 43.4 Å². The van der Waals surface area contributed by atoms with E-state index < -0.39 is 0 Å². The van der Waals surface area contributed by atoms with Crippen molar-refractivity contribution in [3.05, 3.63) is 41.6 Å². The second-order valence-corrected chi connectivity index (χ2v) is 5.55. The number of aryl methyl sites for hydroxylation is 1. The molecule has 1 aromatic carbocycles. The van der Waals surface area contributed by atoms with E-state index in [4.69, 9.17) is 10.2 Å². The van der Waals surface area contributed by atoms with E-state index in [2.05, 4.69) is 9.97 Å². The first kappa shape index (κ1) is 12.4. The highest BCUT2D eigenvalue weighted by Gasteiger charge is 2.19. The van der Waals surface area contributed by atoms with Crippen molar-refractivity contribution in [3.63, 3.8) is 0 Å². The fourth-order valence-corrected chi connectivity index (χ4v) is 3.01. The molecule has 0 aliphatic heterocycles. The summed E-state index contributed by atoms with van der Waals surface area (Å²) in [5.41, 5.74) is 11.6. The number of nitrogens with zero attached hydrogens (tertiary/aromatic N) is 2. The van der Waals surface area contributed by atoms with E-state index >= 15 is 0 Å². The third-order valence-corrected chi connectivity index (χ3v) is 4.14. The monoisotopic (exact) mass is 279 g/mol. The number of hydrogen-bond acceptors (Lipinski definition) is 4. The molecule has 2 heterocycles. The third-order valence-electron chi connectivity index (χ3n) is 4.14. The molecular weight excluding hydrogens is 262 g/mol. The number of aromatic nitrogens is 2. The summed E-state index contributed by atoms with van der Waals surface area (Å²) in [5.74, 6) is 0.588. The van der Waals surface area contributed by atoms with Gasteiger partial charge in [-0.2, -0.15) is 0 Å². The lowest BCUT2D eigenvalue weighted by Gasteiger charge is -2.07. The van der Waals surface area contributed by atoms with E-state index in [9.17, 15) is 0 Å². The minimum atomic E-state index is 0.562. The first-order valence-corrected chi connectivity index (χ1v) is 7.46. The molecule has 21 heavy (non-hydrogen) atoms. The van der Waals surface area contributed by atoms with Crippen molar-refractivity contribution in [1.82, 2.24) is 9.97 Å². The lowest BCUT2D eigenvalue weighted by atomic mass is 10.1. The molecule has 0 saturated carbocycles. The van der Waals surface area contributed by atoms with Crippen LogP contribution in [0.5, 0.6) is 0 Å². The normalized spacial score (nSPS) is 14.9. The Bertz CT molecular complexity index is 793. The van der Waals surface area contributed by atoms with Gasteiger partial charge in [0, 0.05) is 11.3 Å². The largest absolute Gasteiger partial charge is 0.418 e. The van der Waals surface area contributed by atoms with Crippen molar-refractivity contribution in [3.8, 4) is 11.5 Å². The summed E-state index contributed by atoms with van der Waals surface area (Å²) in [5, 5.41) is 0. The highest BCUT2D eigenvalue weighted by Crippen LogP contribution is 2.32. The number of hydrogen-bond donors (Lipinski definition) is 1. The lowest BCUT2D eigenvalue weighted by molar-refractivity contribution is 0.605. The van der Waals surface area contributed by atoms with E-state index in [0.29, 0.717) is 17.1 Å². The molecule has 0 spiro atoms. The number of nitrogens with two attached hydrogens (primary N) is 1. The molecule has 4 heteroatoms. The Morgan fingerprint density at radius 1 is 0.952 bits per heavy atom. The van der Waals surface area contributed by atoms with Crippen molar-refractivity contribution in [2.24, 2.45) is 0 Å². The lowest BCUT2D eigenvalue weighted by Crippen LogP contribution is -2.02. The maximum atomic E-state index is 6.34. The molecule has 0 bridgehead atoms. The van der Waals surface area contributed by atoms with Gasteiger partial charge >= 0.3 is 0 Å². The molecule has 0 radical (unpaired) electrons. The van der Waals surface area contributed by atoms with Crippen LogP contribution in [0.2, 0.25) is 0 Å². The number of pyridine rings is 1. The smallest absolute Gasteiger partial charge is 0.249 e. The van der Waals surface area contributed by atoms with Crippen LogP contribution in [0, 0.1) is 0 Å².